The number of rotatable bonds is 5. The molecule has 1 fully saturated rings. The van der Waals surface area contributed by atoms with Crippen LogP contribution >= 0.6 is 0 Å². The van der Waals surface area contributed by atoms with Gasteiger partial charge in [-0.05, 0) is 42.7 Å². The van der Waals surface area contributed by atoms with Crippen molar-refractivity contribution in [1.29, 1.82) is 0 Å². The number of phenolic OH excluding ortho intramolecular Hbond substituents is 1. The maximum Gasteiger partial charge on any atom is 0.222 e. The van der Waals surface area contributed by atoms with Crippen LogP contribution in [0.15, 0.2) is 48.5 Å². The van der Waals surface area contributed by atoms with Gasteiger partial charge >= 0.3 is 0 Å². The molecule has 0 radical (unpaired) electrons. The molecule has 2 aromatic rings. The number of aromatic hydroxyl groups is 1. The summed E-state index contributed by atoms with van der Waals surface area (Å²) in [6.07, 6.45) is 2.06. The number of para-hydroxylation sites is 2. The van der Waals surface area contributed by atoms with Crippen LogP contribution in [-0.4, -0.2) is 49.2 Å². The molecule has 1 heterocycles. The standard InChI is InChI=1S/C21H26N2O3/c1-26-20-9-3-2-8-19(20)22-12-5-13-23(15-14-22)21(25)11-10-17-6-4-7-18(24)16-17/h2-4,6-9,16,24H,5,10-15H2,1H3. The number of aryl methyl sites for hydroxylation is 1. The molecule has 26 heavy (non-hydrogen) atoms. The minimum atomic E-state index is 0.176. The predicted molar refractivity (Wildman–Crippen MR) is 103 cm³/mol. The van der Waals surface area contributed by atoms with Crippen molar-refractivity contribution in [2.75, 3.05) is 38.2 Å². The molecule has 1 amide bonds. The number of ether oxygens (including phenoxy) is 1. The van der Waals surface area contributed by atoms with Crippen molar-refractivity contribution in [3.05, 3.63) is 54.1 Å². The highest BCUT2D eigenvalue weighted by atomic mass is 16.5. The van der Waals surface area contributed by atoms with E-state index in [4.69, 9.17) is 4.74 Å². The van der Waals surface area contributed by atoms with Crippen LogP contribution < -0.4 is 9.64 Å². The van der Waals surface area contributed by atoms with Gasteiger partial charge in [-0.2, -0.15) is 0 Å². The summed E-state index contributed by atoms with van der Waals surface area (Å²) in [7, 11) is 1.69. The lowest BCUT2D eigenvalue weighted by Gasteiger charge is -2.25. The zero-order valence-electron chi connectivity index (χ0n) is 15.2. The lowest BCUT2D eigenvalue weighted by Crippen LogP contribution is -2.35. The smallest absolute Gasteiger partial charge is 0.222 e. The second-order valence-electron chi connectivity index (χ2n) is 6.56. The molecule has 0 aliphatic carbocycles. The first-order chi connectivity index (χ1) is 12.7. The van der Waals surface area contributed by atoms with Gasteiger partial charge in [-0.15, -0.1) is 0 Å². The topological polar surface area (TPSA) is 53.0 Å². The van der Waals surface area contributed by atoms with Crippen LogP contribution in [0.4, 0.5) is 5.69 Å². The predicted octanol–water partition coefficient (Wildman–Crippen LogP) is 3.07. The fourth-order valence-corrected chi connectivity index (χ4v) is 3.42. The van der Waals surface area contributed by atoms with E-state index < -0.39 is 0 Å². The monoisotopic (exact) mass is 354 g/mol. The Kier molecular flexibility index (Phi) is 6.00. The second kappa shape index (κ2) is 8.61. The van der Waals surface area contributed by atoms with E-state index in [0.29, 0.717) is 12.8 Å². The number of nitrogens with zero attached hydrogens (tertiary/aromatic N) is 2. The number of anilines is 1. The number of carbonyl (C=O) groups is 1. The fourth-order valence-electron chi connectivity index (χ4n) is 3.42. The molecule has 138 valence electrons. The quantitative estimate of drug-likeness (QED) is 0.897. The number of amides is 1. The number of carbonyl (C=O) groups excluding carboxylic acids is 1. The zero-order valence-corrected chi connectivity index (χ0v) is 15.2. The van der Waals surface area contributed by atoms with Crippen molar-refractivity contribution < 1.29 is 14.6 Å². The second-order valence-corrected chi connectivity index (χ2v) is 6.56. The van der Waals surface area contributed by atoms with Gasteiger partial charge in [0.25, 0.3) is 0 Å². The third-order valence-corrected chi connectivity index (χ3v) is 4.81. The molecule has 0 spiro atoms. The van der Waals surface area contributed by atoms with E-state index >= 15 is 0 Å². The van der Waals surface area contributed by atoms with Crippen LogP contribution in [0.3, 0.4) is 0 Å². The molecule has 1 aliphatic rings. The molecule has 0 saturated carbocycles. The van der Waals surface area contributed by atoms with Gasteiger partial charge in [0, 0.05) is 32.6 Å². The number of phenols is 1. The van der Waals surface area contributed by atoms with Gasteiger partial charge in [-0.3, -0.25) is 4.79 Å². The Morgan fingerprint density at radius 2 is 1.92 bits per heavy atom. The Morgan fingerprint density at radius 3 is 2.73 bits per heavy atom. The summed E-state index contributed by atoms with van der Waals surface area (Å²) in [5.74, 6) is 1.29. The summed E-state index contributed by atoms with van der Waals surface area (Å²) in [5.41, 5.74) is 2.08. The van der Waals surface area contributed by atoms with Crippen molar-refractivity contribution in [2.45, 2.75) is 19.3 Å². The van der Waals surface area contributed by atoms with Gasteiger partial charge in [0.1, 0.15) is 11.5 Å². The molecular weight excluding hydrogens is 328 g/mol. The molecule has 3 rings (SSSR count). The summed E-state index contributed by atoms with van der Waals surface area (Å²) in [5, 5.41) is 9.53. The van der Waals surface area contributed by atoms with E-state index in [1.807, 2.05) is 35.2 Å². The van der Waals surface area contributed by atoms with Crippen molar-refractivity contribution in [3.8, 4) is 11.5 Å². The highest BCUT2D eigenvalue weighted by Gasteiger charge is 2.20. The first-order valence-corrected chi connectivity index (χ1v) is 9.11. The molecule has 0 unspecified atom stereocenters. The maximum absolute atomic E-state index is 12.6. The van der Waals surface area contributed by atoms with Crippen LogP contribution in [0.1, 0.15) is 18.4 Å². The van der Waals surface area contributed by atoms with Crippen LogP contribution in [0.25, 0.3) is 0 Å². The van der Waals surface area contributed by atoms with E-state index in [1.165, 1.54) is 0 Å². The molecular formula is C21H26N2O3. The zero-order chi connectivity index (χ0) is 18.4. The number of hydrogen-bond acceptors (Lipinski definition) is 4. The number of benzene rings is 2. The summed E-state index contributed by atoms with van der Waals surface area (Å²) in [6.45, 7) is 3.22. The minimum Gasteiger partial charge on any atom is -0.508 e. The molecule has 5 nitrogen and oxygen atoms in total. The third-order valence-electron chi connectivity index (χ3n) is 4.81. The van der Waals surface area contributed by atoms with E-state index in [1.54, 1.807) is 19.2 Å². The molecule has 5 heteroatoms. The minimum absolute atomic E-state index is 0.176. The molecule has 0 bridgehead atoms. The summed E-state index contributed by atoms with van der Waals surface area (Å²) < 4.78 is 5.47. The molecule has 1 N–H and O–H groups in total. The Morgan fingerprint density at radius 1 is 1.08 bits per heavy atom. The van der Waals surface area contributed by atoms with Crippen LogP contribution in [-0.2, 0) is 11.2 Å². The van der Waals surface area contributed by atoms with Gasteiger partial charge in [0.15, 0.2) is 0 Å². The van der Waals surface area contributed by atoms with Crippen LogP contribution in [0.5, 0.6) is 11.5 Å². The largest absolute Gasteiger partial charge is 0.508 e. The van der Waals surface area contributed by atoms with Gasteiger partial charge in [0.2, 0.25) is 5.91 Å². The number of methoxy groups -OCH3 is 1. The Labute approximate surface area is 154 Å². The summed E-state index contributed by atoms with van der Waals surface area (Å²) in [6, 6.07) is 15.1. The molecule has 0 atom stereocenters. The summed E-state index contributed by atoms with van der Waals surface area (Å²) >= 11 is 0. The first-order valence-electron chi connectivity index (χ1n) is 9.11. The Balaban J connectivity index is 1.57. The average Bonchev–Trinajstić information content (AvgIpc) is 2.92. The lowest BCUT2D eigenvalue weighted by molar-refractivity contribution is -0.130. The SMILES string of the molecule is COc1ccccc1N1CCCN(C(=O)CCc2cccc(O)c2)CC1. The lowest BCUT2D eigenvalue weighted by atomic mass is 10.1. The maximum atomic E-state index is 12.6. The normalized spacial score (nSPS) is 14.8. The molecule has 2 aromatic carbocycles. The van der Waals surface area contributed by atoms with E-state index in [0.717, 1.165) is 49.6 Å². The van der Waals surface area contributed by atoms with Crippen molar-refractivity contribution >= 4 is 11.6 Å². The van der Waals surface area contributed by atoms with E-state index in [2.05, 4.69) is 11.0 Å². The van der Waals surface area contributed by atoms with E-state index in [-0.39, 0.29) is 11.7 Å². The van der Waals surface area contributed by atoms with Crippen molar-refractivity contribution in [1.82, 2.24) is 4.90 Å². The van der Waals surface area contributed by atoms with Gasteiger partial charge in [0.05, 0.1) is 12.8 Å². The highest BCUT2D eigenvalue weighted by molar-refractivity contribution is 5.76. The first kappa shape index (κ1) is 18.1. The molecule has 0 aromatic heterocycles. The number of hydrogen-bond donors (Lipinski definition) is 1. The van der Waals surface area contributed by atoms with Gasteiger partial charge in [-0.1, -0.05) is 24.3 Å². The summed E-state index contributed by atoms with van der Waals surface area (Å²) in [4.78, 5) is 16.8. The van der Waals surface area contributed by atoms with Gasteiger partial charge < -0.3 is 19.6 Å². The van der Waals surface area contributed by atoms with Gasteiger partial charge in [-0.25, -0.2) is 0 Å². The van der Waals surface area contributed by atoms with Crippen molar-refractivity contribution in [2.24, 2.45) is 0 Å². The van der Waals surface area contributed by atoms with Crippen molar-refractivity contribution in [3.63, 3.8) is 0 Å². The van der Waals surface area contributed by atoms with Crippen LogP contribution in [0, 0.1) is 0 Å². The highest BCUT2D eigenvalue weighted by Crippen LogP contribution is 2.28. The average molecular weight is 354 g/mol. The van der Waals surface area contributed by atoms with E-state index in [9.17, 15) is 9.90 Å². The third kappa shape index (κ3) is 4.48. The molecule has 1 saturated heterocycles. The molecule has 1 aliphatic heterocycles. The Hall–Kier alpha value is -2.69. The Bertz CT molecular complexity index is 748. The fraction of sp³-hybridized carbons (Fsp3) is 0.381. The van der Waals surface area contributed by atoms with Crippen LogP contribution in [0.2, 0.25) is 0 Å².